The molecule has 2 unspecified atom stereocenters. The SMILES string of the molecule is Cc1ccc(C(=O)NC(C(=O)NC(C)c2ccccn2)C(C)C)cc1. The first-order chi connectivity index (χ1) is 11.9. The highest BCUT2D eigenvalue weighted by Gasteiger charge is 2.26. The summed E-state index contributed by atoms with van der Waals surface area (Å²) in [6.45, 7) is 7.65. The van der Waals surface area contributed by atoms with Crippen LogP contribution in [-0.4, -0.2) is 22.8 Å². The van der Waals surface area contributed by atoms with E-state index in [0.29, 0.717) is 5.56 Å². The van der Waals surface area contributed by atoms with E-state index < -0.39 is 6.04 Å². The molecule has 0 aliphatic rings. The molecule has 25 heavy (non-hydrogen) atoms. The molecule has 1 aromatic heterocycles. The Morgan fingerprint density at radius 3 is 2.20 bits per heavy atom. The average Bonchev–Trinajstić information content (AvgIpc) is 2.60. The van der Waals surface area contributed by atoms with Gasteiger partial charge in [-0.1, -0.05) is 37.6 Å². The number of carbonyl (C=O) groups is 2. The molecule has 1 heterocycles. The fourth-order valence-corrected chi connectivity index (χ4v) is 2.47. The number of benzene rings is 1. The van der Waals surface area contributed by atoms with Gasteiger partial charge in [0.05, 0.1) is 11.7 Å². The van der Waals surface area contributed by atoms with E-state index in [-0.39, 0.29) is 23.8 Å². The van der Waals surface area contributed by atoms with Crippen LogP contribution in [0.3, 0.4) is 0 Å². The number of aryl methyl sites for hydroxylation is 1. The number of nitrogens with zero attached hydrogens (tertiary/aromatic N) is 1. The molecular weight excluding hydrogens is 314 g/mol. The van der Waals surface area contributed by atoms with Gasteiger partial charge in [-0.3, -0.25) is 14.6 Å². The van der Waals surface area contributed by atoms with Gasteiger partial charge >= 0.3 is 0 Å². The first-order valence-corrected chi connectivity index (χ1v) is 8.47. The zero-order valence-electron chi connectivity index (χ0n) is 15.1. The Kier molecular flexibility index (Phi) is 6.28. The summed E-state index contributed by atoms with van der Waals surface area (Å²) in [5, 5.41) is 5.76. The molecule has 2 atom stereocenters. The van der Waals surface area contributed by atoms with E-state index in [9.17, 15) is 9.59 Å². The smallest absolute Gasteiger partial charge is 0.251 e. The third kappa shape index (κ3) is 5.14. The van der Waals surface area contributed by atoms with Gasteiger partial charge in [0.15, 0.2) is 0 Å². The van der Waals surface area contributed by atoms with Crippen molar-refractivity contribution in [1.29, 1.82) is 0 Å². The Morgan fingerprint density at radius 1 is 0.960 bits per heavy atom. The highest BCUT2D eigenvalue weighted by atomic mass is 16.2. The van der Waals surface area contributed by atoms with Crippen LogP contribution in [0.25, 0.3) is 0 Å². The zero-order chi connectivity index (χ0) is 18.4. The van der Waals surface area contributed by atoms with E-state index in [1.807, 2.05) is 58.0 Å². The number of carbonyl (C=O) groups excluding carboxylic acids is 2. The second-order valence-electron chi connectivity index (χ2n) is 6.55. The highest BCUT2D eigenvalue weighted by Crippen LogP contribution is 2.11. The molecule has 2 rings (SSSR count). The van der Waals surface area contributed by atoms with Crippen molar-refractivity contribution in [2.24, 2.45) is 5.92 Å². The molecule has 0 fully saturated rings. The standard InChI is InChI=1S/C20H25N3O2/c1-13(2)18(23-19(24)16-10-8-14(3)9-11-16)20(25)22-15(4)17-7-5-6-12-21-17/h5-13,15,18H,1-4H3,(H,22,25)(H,23,24). The number of nitrogens with one attached hydrogen (secondary N) is 2. The van der Waals surface area contributed by atoms with Crippen molar-refractivity contribution >= 4 is 11.8 Å². The summed E-state index contributed by atoms with van der Waals surface area (Å²) in [6.07, 6.45) is 1.69. The number of amides is 2. The Bertz CT molecular complexity index is 711. The lowest BCUT2D eigenvalue weighted by Crippen LogP contribution is -2.50. The number of hydrogen-bond donors (Lipinski definition) is 2. The van der Waals surface area contributed by atoms with Crippen LogP contribution in [0.4, 0.5) is 0 Å². The summed E-state index contributed by atoms with van der Waals surface area (Å²) in [6, 6.07) is 12.0. The maximum atomic E-state index is 12.6. The van der Waals surface area contributed by atoms with Crippen LogP contribution in [0.2, 0.25) is 0 Å². The van der Waals surface area contributed by atoms with Gasteiger partial charge < -0.3 is 10.6 Å². The van der Waals surface area contributed by atoms with Crippen LogP contribution in [0.5, 0.6) is 0 Å². The molecule has 0 saturated heterocycles. The van der Waals surface area contributed by atoms with E-state index in [4.69, 9.17) is 0 Å². The van der Waals surface area contributed by atoms with Gasteiger partial charge in [-0.05, 0) is 44.0 Å². The van der Waals surface area contributed by atoms with Gasteiger partial charge in [-0.15, -0.1) is 0 Å². The lowest BCUT2D eigenvalue weighted by Gasteiger charge is -2.24. The molecule has 132 valence electrons. The number of rotatable bonds is 6. The summed E-state index contributed by atoms with van der Waals surface area (Å²) in [5.41, 5.74) is 2.41. The second kappa shape index (κ2) is 8.42. The third-order valence-electron chi connectivity index (χ3n) is 4.04. The highest BCUT2D eigenvalue weighted by molar-refractivity contribution is 5.97. The van der Waals surface area contributed by atoms with Crippen molar-refractivity contribution in [3.05, 3.63) is 65.5 Å². The fraction of sp³-hybridized carbons (Fsp3) is 0.350. The van der Waals surface area contributed by atoms with Crippen LogP contribution in [-0.2, 0) is 4.79 Å². The Hall–Kier alpha value is -2.69. The predicted octanol–water partition coefficient (Wildman–Crippen LogP) is 3.02. The van der Waals surface area contributed by atoms with Gasteiger partial charge in [-0.2, -0.15) is 0 Å². The largest absolute Gasteiger partial charge is 0.346 e. The van der Waals surface area contributed by atoms with Gasteiger partial charge in [0, 0.05) is 11.8 Å². The number of aromatic nitrogens is 1. The molecule has 0 bridgehead atoms. The molecule has 0 radical (unpaired) electrons. The Labute approximate surface area is 148 Å². The molecule has 0 aliphatic carbocycles. The van der Waals surface area contributed by atoms with Crippen molar-refractivity contribution in [2.45, 2.75) is 39.8 Å². The fourth-order valence-electron chi connectivity index (χ4n) is 2.47. The van der Waals surface area contributed by atoms with Crippen LogP contribution >= 0.6 is 0 Å². The maximum absolute atomic E-state index is 12.6. The van der Waals surface area contributed by atoms with Gasteiger partial charge in [0.25, 0.3) is 5.91 Å². The number of pyridine rings is 1. The van der Waals surface area contributed by atoms with Crippen LogP contribution in [0.15, 0.2) is 48.7 Å². The van der Waals surface area contributed by atoms with E-state index in [1.165, 1.54) is 0 Å². The summed E-state index contributed by atoms with van der Waals surface area (Å²) >= 11 is 0. The lowest BCUT2D eigenvalue weighted by atomic mass is 10.0. The summed E-state index contributed by atoms with van der Waals surface area (Å²) in [7, 11) is 0. The quantitative estimate of drug-likeness (QED) is 0.850. The zero-order valence-corrected chi connectivity index (χ0v) is 15.1. The second-order valence-corrected chi connectivity index (χ2v) is 6.55. The predicted molar refractivity (Wildman–Crippen MR) is 98.1 cm³/mol. The van der Waals surface area contributed by atoms with Crippen molar-refractivity contribution in [3.8, 4) is 0 Å². The van der Waals surface area contributed by atoms with Crippen molar-refractivity contribution in [1.82, 2.24) is 15.6 Å². The van der Waals surface area contributed by atoms with Crippen molar-refractivity contribution < 1.29 is 9.59 Å². The minimum Gasteiger partial charge on any atom is -0.346 e. The molecule has 2 N–H and O–H groups in total. The van der Waals surface area contributed by atoms with Crippen molar-refractivity contribution in [3.63, 3.8) is 0 Å². The molecule has 0 spiro atoms. The first kappa shape index (κ1) is 18.6. The molecule has 5 heteroatoms. The molecule has 2 aromatic rings. The summed E-state index contributed by atoms with van der Waals surface area (Å²) in [4.78, 5) is 29.3. The monoisotopic (exact) mass is 339 g/mol. The minimum absolute atomic E-state index is 0.0367. The van der Waals surface area contributed by atoms with E-state index in [0.717, 1.165) is 11.3 Å². The normalized spacial score (nSPS) is 13.2. The first-order valence-electron chi connectivity index (χ1n) is 8.47. The molecule has 2 amide bonds. The summed E-state index contributed by atoms with van der Waals surface area (Å²) in [5.74, 6) is -0.502. The Morgan fingerprint density at radius 2 is 1.64 bits per heavy atom. The number of hydrogen-bond acceptors (Lipinski definition) is 3. The lowest BCUT2D eigenvalue weighted by molar-refractivity contribution is -0.124. The molecule has 0 saturated carbocycles. The molecular formula is C20H25N3O2. The topological polar surface area (TPSA) is 71.1 Å². The third-order valence-corrected chi connectivity index (χ3v) is 4.04. The van der Waals surface area contributed by atoms with E-state index >= 15 is 0 Å². The Balaban J connectivity index is 2.05. The average molecular weight is 339 g/mol. The molecule has 1 aromatic carbocycles. The van der Waals surface area contributed by atoms with Gasteiger partial charge in [0.1, 0.15) is 6.04 Å². The van der Waals surface area contributed by atoms with E-state index in [1.54, 1.807) is 18.3 Å². The van der Waals surface area contributed by atoms with E-state index in [2.05, 4.69) is 15.6 Å². The minimum atomic E-state index is -0.611. The maximum Gasteiger partial charge on any atom is 0.251 e. The summed E-state index contributed by atoms with van der Waals surface area (Å²) < 4.78 is 0. The van der Waals surface area contributed by atoms with Crippen LogP contribution < -0.4 is 10.6 Å². The van der Waals surface area contributed by atoms with Crippen LogP contribution in [0, 0.1) is 12.8 Å². The van der Waals surface area contributed by atoms with Gasteiger partial charge in [-0.25, -0.2) is 0 Å². The van der Waals surface area contributed by atoms with Crippen LogP contribution in [0.1, 0.15) is 48.4 Å². The molecule has 5 nitrogen and oxygen atoms in total. The van der Waals surface area contributed by atoms with Crippen molar-refractivity contribution in [2.75, 3.05) is 0 Å². The van der Waals surface area contributed by atoms with Gasteiger partial charge in [0.2, 0.25) is 5.91 Å². The molecule has 0 aliphatic heterocycles.